The molecule has 1 saturated carbocycles. The molecule has 2 rings (SSSR count). The smallest absolute Gasteiger partial charge is 0.305 e. The summed E-state index contributed by atoms with van der Waals surface area (Å²) >= 11 is 0. The van der Waals surface area contributed by atoms with Crippen molar-refractivity contribution in [1.29, 1.82) is 0 Å². The summed E-state index contributed by atoms with van der Waals surface area (Å²) in [6, 6.07) is 3.15. The summed E-state index contributed by atoms with van der Waals surface area (Å²) in [5.74, 6) is -1.38. The van der Waals surface area contributed by atoms with Crippen LogP contribution in [0.25, 0.3) is 0 Å². The van der Waals surface area contributed by atoms with Gasteiger partial charge >= 0.3 is 5.69 Å². The fourth-order valence-corrected chi connectivity index (χ4v) is 2.21. The summed E-state index contributed by atoms with van der Waals surface area (Å²) in [6.45, 7) is 0.000200. The summed E-state index contributed by atoms with van der Waals surface area (Å²) in [4.78, 5) is 23.7. The van der Waals surface area contributed by atoms with Crippen molar-refractivity contribution in [2.75, 3.05) is 13.2 Å². The molecule has 0 heterocycles. The standard InChI is InChI=1S/C13H15FN2O4/c14-11-5-4-9(8-12(11)16(19)20)13(18)15(6-7-17)10-2-1-3-10/h4-5,8,10,17H,1-3,6-7H2. The first-order valence-corrected chi connectivity index (χ1v) is 6.40. The van der Waals surface area contributed by atoms with Crippen LogP contribution in [0.3, 0.4) is 0 Å². The molecule has 0 radical (unpaired) electrons. The highest BCUT2D eigenvalue weighted by Gasteiger charge is 2.30. The molecule has 0 saturated heterocycles. The topological polar surface area (TPSA) is 83.7 Å². The highest BCUT2D eigenvalue weighted by Crippen LogP contribution is 2.27. The summed E-state index contributed by atoms with van der Waals surface area (Å²) in [5, 5.41) is 19.7. The fraction of sp³-hybridized carbons (Fsp3) is 0.462. The Labute approximate surface area is 115 Å². The number of aliphatic hydroxyl groups is 1. The number of aliphatic hydroxyl groups excluding tert-OH is 1. The van der Waals surface area contributed by atoms with Crippen LogP contribution in [0.15, 0.2) is 18.2 Å². The summed E-state index contributed by atoms with van der Waals surface area (Å²) < 4.78 is 13.3. The molecule has 0 atom stereocenters. The second-order valence-electron chi connectivity index (χ2n) is 4.73. The summed E-state index contributed by atoms with van der Waals surface area (Å²) in [6.07, 6.45) is 2.73. The van der Waals surface area contributed by atoms with Crippen LogP contribution in [0.4, 0.5) is 10.1 Å². The second-order valence-corrected chi connectivity index (χ2v) is 4.73. The van der Waals surface area contributed by atoms with Gasteiger partial charge in [0, 0.05) is 24.2 Å². The number of rotatable bonds is 5. The SMILES string of the molecule is O=C(c1ccc(F)c([N+](=O)[O-])c1)N(CCO)C1CCC1. The van der Waals surface area contributed by atoms with Crippen molar-refractivity contribution >= 4 is 11.6 Å². The van der Waals surface area contributed by atoms with Gasteiger partial charge in [-0.15, -0.1) is 0 Å². The van der Waals surface area contributed by atoms with Gasteiger partial charge in [0.05, 0.1) is 11.5 Å². The van der Waals surface area contributed by atoms with Crippen LogP contribution in [-0.4, -0.2) is 40.0 Å². The number of halogens is 1. The summed E-state index contributed by atoms with van der Waals surface area (Å²) in [7, 11) is 0. The molecular formula is C13H15FN2O4. The minimum Gasteiger partial charge on any atom is -0.395 e. The van der Waals surface area contributed by atoms with Crippen LogP contribution in [-0.2, 0) is 0 Å². The molecule has 0 bridgehead atoms. The van der Waals surface area contributed by atoms with Gasteiger partial charge in [-0.1, -0.05) is 0 Å². The third-order valence-electron chi connectivity index (χ3n) is 3.51. The number of amides is 1. The monoisotopic (exact) mass is 282 g/mol. The van der Waals surface area contributed by atoms with Gasteiger partial charge in [-0.3, -0.25) is 14.9 Å². The van der Waals surface area contributed by atoms with E-state index >= 15 is 0 Å². The average molecular weight is 282 g/mol. The lowest BCUT2D eigenvalue weighted by atomic mass is 9.91. The Morgan fingerprint density at radius 3 is 2.70 bits per heavy atom. The van der Waals surface area contributed by atoms with E-state index in [1.165, 1.54) is 11.0 Å². The number of nitro benzene ring substituents is 1. The van der Waals surface area contributed by atoms with E-state index in [0.717, 1.165) is 31.4 Å². The molecule has 0 aliphatic heterocycles. The van der Waals surface area contributed by atoms with Crippen LogP contribution in [0, 0.1) is 15.9 Å². The van der Waals surface area contributed by atoms with Gasteiger partial charge < -0.3 is 10.0 Å². The van der Waals surface area contributed by atoms with E-state index in [4.69, 9.17) is 5.11 Å². The zero-order valence-corrected chi connectivity index (χ0v) is 10.8. The van der Waals surface area contributed by atoms with E-state index in [2.05, 4.69) is 0 Å². The van der Waals surface area contributed by atoms with Gasteiger partial charge in [0.1, 0.15) is 0 Å². The van der Waals surface area contributed by atoms with E-state index in [1.54, 1.807) is 0 Å². The molecule has 7 heteroatoms. The number of hydrogen-bond donors (Lipinski definition) is 1. The van der Waals surface area contributed by atoms with Crippen molar-refractivity contribution in [2.24, 2.45) is 0 Å². The number of nitrogens with zero attached hydrogens (tertiary/aromatic N) is 2. The predicted octanol–water partition coefficient (Wildman–Crippen LogP) is 1.72. The van der Waals surface area contributed by atoms with Gasteiger partial charge in [-0.2, -0.15) is 4.39 Å². The average Bonchev–Trinajstić information content (AvgIpc) is 2.35. The third kappa shape index (κ3) is 2.77. The third-order valence-corrected chi connectivity index (χ3v) is 3.51. The van der Waals surface area contributed by atoms with E-state index in [9.17, 15) is 19.3 Å². The van der Waals surface area contributed by atoms with Crippen molar-refractivity contribution in [3.8, 4) is 0 Å². The molecular weight excluding hydrogens is 267 g/mol. The Balaban J connectivity index is 2.26. The molecule has 1 aliphatic rings. The van der Waals surface area contributed by atoms with Crippen molar-refractivity contribution in [2.45, 2.75) is 25.3 Å². The molecule has 20 heavy (non-hydrogen) atoms. The van der Waals surface area contributed by atoms with Gasteiger partial charge in [-0.05, 0) is 31.4 Å². The number of benzene rings is 1. The Bertz CT molecular complexity index is 531. The van der Waals surface area contributed by atoms with Crippen molar-refractivity contribution in [3.63, 3.8) is 0 Å². The van der Waals surface area contributed by atoms with E-state index in [1.807, 2.05) is 0 Å². The molecule has 1 aromatic rings. The fourth-order valence-electron chi connectivity index (χ4n) is 2.21. The van der Waals surface area contributed by atoms with E-state index < -0.39 is 22.3 Å². The van der Waals surface area contributed by atoms with E-state index in [0.29, 0.717) is 0 Å². The minimum atomic E-state index is -0.969. The molecule has 1 amide bonds. The van der Waals surface area contributed by atoms with Crippen molar-refractivity contribution in [3.05, 3.63) is 39.7 Å². The minimum absolute atomic E-state index is 0.0544. The Kier molecular flexibility index (Phi) is 4.29. The Morgan fingerprint density at radius 2 is 2.20 bits per heavy atom. The summed E-state index contributed by atoms with van der Waals surface area (Å²) in [5.41, 5.74) is -0.646. The predicted molar refractivity (Wildman–Crippen MR) is 68.8 cm³/mol. The molecule has 0 spiro atoms. The zero-order chi connectivity index (χ0) is 14.7. The lowest BCUT2D eigenvalue weighted by molar-refractivity contribution is -0.387. The lowest BCUT2D eigenvalue weighted by Gasteiger charge is -2.37. The number of carbonyl (C=O) groups excluding carboxylic acids is 1. The second kappa shape index (κ2) is 5.96. The maximum absolute atomic E-state index is 13.3. The lowest BCUT2D eigenvalue weighted by Crippen LogP contribution is -2.45. The molecule has 6 nitrogen and oxygen atoms in total. The van der Waals surface area contributed by atoms with Gasteiger partial charge in [-0.25, -0.2) is 0 Å². The molecule has 0 unspecified atom stereocenters. The van der Waals surface area contributed by atoms with Gasteiger partial charge in [0.15, 0.2) is 0 Å². The Morgan fingerprint density at radius 1 is 1.50 bits per heavy atom. The van der Waals surface area contributed by atoms with Crippen LogP contribution < -0.4 is 0 Å². The van der Waals surface area contributed by atoms with Crippen LogP contribution in [0.1, 0.15) is 29.6 Å². The number of hydrogen-bond acceptors (Lipinski definition) is 4. The molecule has 1 N–H and O–H groups in total. The maximum atomic E-state index is 13.3. The quantitative estimate of drug-likeness (QED) is 0.658. The maximum Gasteiger partial charge on any atom is 0.305 e. The molecule has 108 valence electrons. The molecule has 1 fully saturated rings. The van der Waals surface area contributed by atoms with E-state index in [-0.39, 0.29) is 24.8 Å². The largest absolute Gasteiger partial charge is 0.395 e. The first-order valence-electron chi connectivity index (χ1n) is 6.40. The Hall–Kier alpha value is -2.02. The highest BCUT2D eigenvalue weighted by atomic mass is 19.1. The zero-order valence-electron chi connectivity index (χ0n) is 10.8. The molecule has 0 aromatic heterocycles. The molecule has 1 aromatic carbocycles. The number of nitro groups is 1. The van der Waals surface area contributed by atoms with Crippen LogP contribution >= 0.6 is 0 Å². The van der Waals surface area contributed by atoms with Crippen molar-refractivity contribution in [1.82, 2.24) is 4.90 Å². The van der Waals surface area contributed by atoms with Gasteiger partial charge in [0.2, 0.25) is 5.82 Å². The normalized spacial score (nSPS) is 14.7. The number of carbonyl (C=O) groups is 1. The van der Waals surface area contributed by atoms with Gasteiger partial charge in [0.25, 0.3) is 5.91 Å². The van der Waals surface area contributed by atoms with Crippen molar-refractivity contribution < 1.29 is 19.2 Å². The highest BCUT2D eigenvalue weighted by molar-refractivity contribution is 5.95. The molecule has 1 aliphatic carbocycles. The first-order chi connectivity index (χ1) is 9.54. The van der Waals surface area contributed by atoms with Crippen LogP contribution in [0.5, 0.6) is 0 Å². The van der Waals surface area contributed by atoms with Crippen LogP contribution in [0.2, 0.25) is 0 Å². The first kappa shape index (κ1) is 14.4.